The van der Waals surface area contributed by atoms with Crippen molar-refractivity contribution >= 4 is 17.4 Å². The van der Waals surface area contributed by atoms with Crippen LogP contribution in [0.5, 0.6) is 5.75 Å². The molecular formula is C20H23NO3. The molecule has 4 heteroatoms. The number of hydrogen-bond donors (Lipinski definition) is 1. The molecule has 2 aromatic carbocycles. The molecule has 0 heterocycles. The fourth-order valence-corrected chi connectivity index (χ4v) is 2.44. The first-order chi connectivity index (χ1) is 11.6. The lowest BCUT2D eigenvalue weighted by molar-refractivity contribution is -0.116. The number of Topliss-reactive ketones (excluding diaryl/α,β-unsaturated/α-hetero) is 1. The van der Waals surface area contributed by atoms with E-state index in [1.54, 1.807) is 31.4 Å². The van der Waals surface area contributed by atoms with Crippen LogP contribution in [-0.2, 0) is 11.2 Å². The number of benzene rings is 2. The van der Waals surface area contributed by atoms with E-state index in [-0.39, 0.29) is 24.5 Å². The molecule has 4 nitrogen and oxygen atoms in total. The molecule has 0 atom stereocenters. The molecule has 2 aromatic rings. The molecule has 0 aromatic heterocycles. The Labute approximate surface area is 142 Å². The topological polar surface area (TPSA) is 55.4 Å². The third-order valence-corrected chi connectivity index (χ3v) is 3.75. The predicted octanol–water partition coefficient (Wildman–Crippen LogP) is 4.25. The highest BCUT2D eigenvalue weighted by Gasteiger charge is 2.10. The summed E-state index contributed by atoms with van der Waals surface area (Å²) in [4.78, 5) is 24.2. The van der Waals surface area contributed by atoms with Crippen LogP contribution in [0.2, 0.25) is 0 Å². The third kappa shape index (κ3) is 5.23. The molecule has 24 heavy (non-hydrogen) atoms. The van der Waals surface area contributed by atoms with Gasteiger partial charge in [0.2, 0.25) is 5.91 Å². The zero-order valence-electron chi connectivity index (χ0n) is 14.2. The minimum absolute atomic E-state index is 0.0150. The van der Waals surface area contributed by atoms with Crippen LogP contribution in [0.15, 0.2) is 48.5 Å². The summed E-state index contributed by atoms with van der Waals surface area (Å²) in [6.07, 6.45) is 2.45. The van der Waals surface area contributed by atoms with Crippen LogP contribution in [0.1, 0.15) is 42.1 Å². The molecule has 0 bridgehead atoms. The van der Waals surface area contributed by atoms with Crippen molar-refractivity contribution in [3.8, 4) is 5.75 Å². The summed E-state index contributed by atoms with van der Waals surface area (Å²) in [5.74, 6) is 0.481. The summed E-state index contributed by atoms with van der Waals surface area (Å²) in [7, 11) is 1.57. The summed E-state index contributed by atoms with van der Waals surface area (Å²) < 4.78 is 5.11. The molecule has 0 saturated heterocycles. The van der Waals surface area contributed by atoms with Crippen molar-refractivity contribution in [2.24, 2.45) is 0 Å². The average molecular weight is 325 g/mol. The van der Waals surface area contributed by atoms with Crippen LogP contribution in [0.4, 0.5) is 5.69 Å². The standard InChI is InChI=1S/C20H23NO3/c1-3-5-15-8-10-16(11-9-15)19(22)12-13-20(23)21-17-6-4-7-18(14-17)24-2/h4,6-11,14H,3,5,12-13H2,1-2H3,(H,21,23). The molecular weight excluding hydrogens is 302 g/mol. The monoisotopic (exact) mass is 325 g/mol. The maximum atomic E-state index is 12.2. The van der Waals surface area contributed by atoms with Crippen molar-refractivity contribution < 1.29 is 14.3 Å². The number of nitrogens with one attached hydrogen (secondary N) is 1. The fraction of sp³-hybridized carbons (Fsp3) is 0.300. The normalized spacial score (nSPS) is 10.2. The smallest absolute Gasteiger partial charge is 0.224 e. The minimum atomic E-state index is -0.181. The lowest BCUT2D eigenvalue weighted by Gasteiger charge is -2.07. The number of ether oxygens (including phenoxy) is 1. The van der Waals surface area contributed by atoms with Crippen molar-refractivity contribution in [3.05, 3.63) is 59.7 Å². The van der Waals surface area contributed by atoms with Gasteiger partial charge in [0.1, 0.15) is 5.75 Å². The Morgan fingerprint density at radius 2 is 1.79 bits per heavy atom. The highest BCUT2D eigenvalue weighted by Crippen LogP contribution is 2.17. The molecule has 126 valence electrons. The Morgan fingerprint density at radius 3 is 2.46 bits per heavy atom. The number of ketones is 1. The summed E-state index contributed by atoms with van der Waals surface area (Å²) in [5.41, 5.74) is 2.55. The Bertz CT molecular complexity index is 692. The van der Waals surface area contributed by atoms with Crippen molar-refractivity contribution in [2.75, 3.05) is 12.4 Å². The van der Waals surface area contributed by atoms with Crippen molar-refractivity contribution in [1.29, 1.82) is 0 Å². The predicted molar refractivity (Wildman–Crippen MR) is 95.6 cm³/mol. The summed E-state index contributed by atoms with van der Waals surface area (Å²) in [6.45, 7) is 2.12. The average Bonchev–Trinajstić information content (AvgIpc) is 2.61. The Kier molecular flexibility index (Phi) is 6.55. The molecule has 1 N–H and O–H groups in total. The summed E-state index contributed by atoms with van der Waals surface area (Å²) in [5, 5.41) is 2.78. The van der Waals surface area contributed by atoms with E-state index in [0.29, 0.717) is 17.0 Å². The molecule has 1 amide bonds. The number of hydrogen-bond acceptors (Lipinski definition) is 3. The zero-order chi connectivity index (χ0) is 17.4. The SMILES string of the molecule is CCCc1ccc(C(=O)CCC(=O)Nc2cccc(OC)c2)cc1. The van der Waals surface area contributed by atoms with E-state index in [2.05, 4.69) is 12.2 Å². The van der Waals surface area contributed by atoms with Gasteiger partial charge in [-0.3, -0.25) is 9.59 Å². The van der Waals surface area contributed by atoms with Gasteiger partial charge in [0.25, 0.3) is 0 Å². The van der Waals surface area contributed by atoms with Gasteiger partial charge in [0, 0.05) is 30.2 Å². The van der Waals surface area contributed by atoms with Gasteiger partial charge in [-0.05, 0) is 24.1 Å². The Balaban J connectivity index is 1.85. The number of aryl methyl sites for hydroxylation is 1. The van der Waals surface area contributed by atoms with Crippen molar-refractivity contribution in [2.45, 2.75) is 32.6 Å². The van der Waals surface area contributed by atoms with Gasteiger partial charge in [0.15, 0.2) is 5.78 Å². The molecule has 0 aliphatic carbocycles. The second-order valence-electron chi connectivity index (χ2n) is 5.65. The fourth-order valence-electron chi connectivity index (χ4n) is 2.44. The molecule has 2 rings (SSSR count). The maximum absolute atomic E-state index is 12.2. The van der Waals surface area contributed by atoms with Crippen molar-refractivity contribution in [1.82, 2.24) is 0 Å². The van der Waals surface area contributed by atoms with E-state index in [0.717, 1.165) is 12.8 Å². The first-order valence-electron chi connectivity index (χ1n) is 8.18. The van der Waals surface area contributed by atoms with Crippen LogP contribution in [-0.4, -0.2) is 18.8 Å². The number of methoxy groups -OCH3 is 1. The van der Waals surface area contributed by atoms with E-state index in [1.807, 2.05) is 24.3 Å². The van der Waals surface area contributed by atoms with Gasteiger partial charge in [-0.25, -0.2) is 0 Å². The number of amides is 1. The second-order valence-corrected chi connectivity index (χ2v) is 5.65. The van der Waals surface area contributed by atoms with Crippen molar-refractivity contribution in [3.63, 3.8) is 0 Å². The van der Waals surface area contributed by atoms with Crippen LogP contribution >= 0.6 is 0 Å². The largest absolute Gasteiger partial charge is 0.497 e. The van der Waals surface area contributed by atoms with E-state index in [4.69, 9.17) is 4.74 Å². The number of carbonyl (C=O) groups excluding carboxylic acids is 2. The van der Waals surface area contributed by atoms with Gasteiger partial charge in [-0.2, -0.15) is 0 Å². The molecule has 0 aliphatic heterocycles. The van der Waals surface area contributed by atoms with Gasteiger partial charge < -0.3 is 10.1 Å². The minimum Gasteiger partial charge on any atom is -0.497 e. The van der Waals surface area contributed by atoms with Crippen LogP contribution in [0.3, 0.4) is 0 Å². The number of rotatable bonds is 8. The molecule has 0 fully saturated rings. The summed E-state index contributed by atoms with van der Waals surface area (Å²) >= 11 is 0. The van der Waals surface area contributed by atoms with Crippen LogP contribution in [0, 0.1) is 0 Å². The van der Waals surface area contributed by atoms with Gasteiger partial charge in [0.05, 0.1) is 7.11 Å². The van der Waals surface area contributed by atoms with E-state index < -0.39 is 0 Å². The molecule has 0 saturated carbocycles. The quantitative estimate of drug-likeness (QED) is 0.738. The second kappa shape index (κ2) is 8.87. The lowest BCUT2D eigenvalue weighted by Crippen LogP contribution is -2.13. The molecule has 0 aliphatic rings. The first-order valence-corrected chi connectivity index (χ1v) is 8.18. The molecule has 0 unspecified atom stereocenters. The molecule has 0 radical (unpaired) electrons. The number of carbonyl (C=O) groups is 2. The van der Waals surface area contributed by atoms with E-state index in [1.165, 1.54) is 5.56 Å². The Hall–Kier alpha value is -2.62. The van der Waals surface area contributed by atoms with Gasteiger partial charge >= 0.3 is 0 Å². The van der Waals surface area contributed by atoms with Crippen LogP contribution < -0.4 is 10.1 Å². The van der Waals surface area contributed by atoms with Crippen LogP contribution in [0.25, 0.3) is 0 Å². The maximum Gasteiger partial charge on any atom is 0.224 e. The lowest BCUT2D eigenvalue weighted by atomic mass is 10.0. The number of anilines is 1. The highest BCUT2D eigenvalue weighted by molar-refractivity contribution is 6.00. The van der Waals surface area contributed by atoms with E-state index in [9.17, 15) is 9.59 Å². The molecule has 0 spiro atoms. The Morgan fingerprint density at radius 1 is 1.04 bits per heavy atom. The summed E-state index contributed by atoms with van der Waals surface area (Å²) in [6, 6.07) is 14.8. The van der Waals surface area contributed by atoms with E-state index >= 15 is 0 Å². The van der Waals surface area contributed by atoms with Gasteiger partial charge in [-0.1, -0.05) is 43.7 Å². The highest BCUT2D eigenvalue weighted by atomic mass is 16.5. The van der Waals surface area contributed by atoms with Gasteiger partial charge in [-0.15, -0.1) is 0 Å². The zero-order valence-corrected chi connectivity index (χ0v) is 14.2. The first kappa shape index (κ1) is 17.7. The third-order valence-electron chi connectivity index (χ3n) is 3.75.